The number of hydrogen-bond donors (Lipinski definition) is 0. The highest BCUT2D eigenvalue weighted by atomic mass is 32.1. The van der Waals surface area contributed by atoms with Gasteiger partial charge in [0.25, 0.3) is 6.71 Å². The van der Waals surface area contributed by atoms with Gasteiger partial charge >= 0.3 is 0 Å². The predicted molar refractivity (Wildman–Crippen MR) is 137 cm³/mol. The van der Waals surface area contributed by atoms with Gasteiger partial charge in [0.1, 0.15) is 5.58 Å². The molecule has 6 aromatic rings. The van der Waals surface area contributed by atoms with E-state index in [1.54, 1.807) is 0 Å². The molecule has 0 N–H and O–H groups in total. The van der Waals surface area contributed by atoms with Gasteiger partial charge in [-0.25, -0.2) is 0 Å². The van der Waals surface area contributed by atoms with Gasteiger partial charge in [-0.3, -0.25) is 4.90 Å². The molecule has 1 aliphatic rings. The van der Waals surface area contributed by atoms with Crippen molar-refractivity contribution in [2.45, 2.75) is 0 Å². The maximum atomic E-state index is 6.65. The molecule has 7 rings (SSSR count). The molecule has 0 bridgehead atoms. The molecule has 2 aromatic heterocycles. The Morgan fingerprint density at radius 2 is 1.31 bits per heavy atom. The van der Waals surface area contributed by atoms with E-state index in [4.69, 9.17) is 4.42 Å². The Balaban J connectivity index is 1.65. The van der Waals surface area contributed by atoms with Gasteiger partial charge in [0.05, 0.1) is 16.3 Å². The minimum Gasteiger partial charge on any atom is -0.468 e. The summed E-state index contributed by atoms with van der Waals surface area (Å²) in [7, 11) is 0. The highest BCUT2D eigenvalue weighted by Crippen LogP contribution is 2.45. The molecule has 0 radical (unpaired) electrons. The maximum Gasteiger partial charge on any atom is 0.294 e. The van der Waals surface area contributed by atoms with Crippen LogP contribution in [0.25, 0.3) is 21.1 Å². The van der Waals surface area contributed by atoms with Crippen LogP contribution in [0.1, 0.15) is 0 Å². The van der Waals surface area contributed by atoms with Gasteiger partial charge in [-0.05, 0) is 41.2 Å². The van der Waals surface area contributed by atoms with Crippen LogP contribution in [-0.4, -0.2) is 6.71 Å². The van der Waals surface area contributed by atoms with E-state index >= 15 is 0 Å². The molecule has 150 valence electrons. The van der Waals surface area contributed by atoms with Gasteiger partial charge < -0.3 is 4.42 Å². The summed E-state index contributed by atoms with van der Waals surface area (Å²) in [4.78, 5) is 2.40. The van der Waals surface area contributed by atoms with E-state index in [0.717, 1.165) is 28.0 Å². The summed E-state index contributed by atoms with van der Waals surface area (Å²) in [5.41, 5.74) is 6.83. The summed E-state index contributed by atoms with van der Waals surface area (Å²) in [6, 6.07) is 38.5. The Hall–Kier alpha value is -3.76. The molecule has 0 amide bonds. The Morgan fingerprint density at radius 1 is 0.656 bits per heavy atom. The van der Waals surface area contributed by atoms with Crippen molar-refractivity contribution >= 4 is 72.1 Å². The molecule has 0 saturated heterocycles. The monoisotopic (exact) mass is 427 g/mol. The van der Waals surface area contributed by atoms with Crippen LogP contribution in [0.15, 0.2) is 114 Å². The molecule has 2 nitrogen and oxygen atoms in total. The average molecular weight is 427 g/mol. The van der Waals surface area contributed by atoms with E-state index < -0.39 is 0 Å². The van der Waals surface area contributed by atoms with Gasteiger partial charge in [-0.1, -0.05) is 84.3 Å². The van der Waals surface area contributed by atoms with Crippen LogP contribution >= 0.6 is 11.3 Å². The number of furan rings is 1. The van der Waals surface area contributed by atoms with Crippen molar-refractivity contribution in [3.8, 4) is 0 Å². The van der Waals surface area contributed by atoms with Crippen molar-refractivity contribution < 1.29 is 4.42 Å². The number of fused-ring (bicyclic) bond motifs is 6. The molecule has 0 unspecified atom stereocenters. The third-order valence-electron chi connectivity index (χ3n) is 6.33. The van der Waals surface area contributed by atoms with Crippen LogP contribution < -0.4 is 21.5 Å². The summed E-state index contributed by atoms with van der Waals surface area (Å²) >= 11 is 1.86. The van der Waals surface area contributed by atoms with Crippen molar-refractivity contribution in [1.82, 2.24) is 0 Å². The van der Waals surface area contributed by atoms with Crippen LogP contribution in [-0.2, 0) is 0 Å². The third-order valence-corrected chi connectivity index (χ3v) is 7.51. The number of para-hydroxylation sites is 2. The quantitative estimate of drug-likeness (QED) is 0.317. The largest absolute Gasteiger partial charge is 0.468 e. The number of thiophene rings is 1. The van der Waals surface area contributed by atoms with Gasteiger partial charge in [0, 0.05) is 15.8 Å². The molecular weight excluding hydrogens is 409 g/mol. The first kappa shape index (κ1) is 17.9. The summed E-state index contributed by atoms with van der Waals surface area (Å²) in [6.07, 6.45) is 0. The fraction of sp³-hybridized carbons (Fsp3) is 0. The molecule has 0 saturated carbocycles. The summed E-state index contributed by atoms with van der Waals surface area (Å²) < 4.78 is 7.95. The van der Waals surface area contributed by atoms with Crippen LogP contribution in [0.4, 0.5) is 16.4 Å². The van der Waals surface area contributed by atoms with Crippen molar-refractivity contribution in [3.05, 3.63) is 109 Å². The molecule has 32 heavy (non-hydrogen) atoms. The zero-order valence-corrected chi connectivity index (χ0v) is 18.0. The number of anilines is 3. The van der Waals surface area contributed by atoms with E-state index in [2.05, 4.69) is 108 Å². The van der Waals surface area contributed by atoms with E-state index in [1.165, 1.54) is 26.0 Å². The fourth-order valence-electron chi connectivity index (χ4n) is 4.99. The van der Waals surface area contributed by atoms with E-state index in [9.17, 15) is 0 Å². The van der Waals surface area contributed by atoms with Crippen molar-refractivity contribution in [2.24, 2.45) is 0 Å². The van der Waals surface area contributed by atoms with Gasteiger partial charge in [-0.15, -0.1) is 11.3 Å². The first-order valence-electron chi connectivity index (χ1n) is 10.8. The molecule has 0 aliphatic carbocycles. The minimum atomic E-state index is 0.0460. The Bertz CT molecular complexity index is 1460. The lowest BCUT2D eigenvalue weighted by molar-refractivity contribution is 0.651. The van der Waals surface area contributed by atoms with Crippen LogP contribution in [0.5, 0.6) is 0 Å². The molecule has 0 spiro atoms. The normalized spacial score (nSPS) is 12.9. The minimum absolute atomic E-state index is 0.0460. The highest BCUT2D eigenvalue weighted by Gasteiger charge is 2.42. The first-order chi connectivity index (χ1) is 15.9. The second-order valence-electron chi connectivity index (χ2n) is 8.14. The first-order valence-corrected chi connectivity index (χ1v) is 11.6. The van der Waals surface area contributed by atoms with Crippen molar-refractivity contribution in [3.63, 3.8) is 0 Å². The molecule has 4 aromatic carbocycles. The Kier molecular flexibility index (Phi) is 3.84. The third kappa shape index (κ3) is 2.47. The Labute approximate surface area is 190 Å². The smallest absolute Gasteiger partial charge is 0.294 e. The molecule has 4 heteroatoms. The average Bonchev–Trinajstić information content (AvgIpc) is 3.42. The van der Waals surface area contributed by atoms with E-state index in [-0.39, 0.29) is 6.71 Å². The van der Waals surface area contributed by atoms with Crippen LogP contribution in [0.3, 0.4) is 0 Å². The maximum absolute atomic E-state index is 6.65. The van der Waals surface area contributed by atoms with Crippen molar-refractivity contribution in [1.29, 1.82) is 0 Å². The SMILES string of the molecule is c1ccc(B2c3oc4ccccc4c3N(c3ccccc3)c3sc4ccccc4c32)cc1. The molecule has 0 atom stereocenters. The summed E-state index contributed by atoms with van der Waals surface area (Å²) in [5, 5.41) is 3.72. The molecule has 3 heterocycles. The van der Waals surface area contributed by atoms with Crippen LogP contribution in [0.2, 0.25) is 0 Å². The number of hydrogen-bond acceptors (Lipinski definition) is 3. The van der Waals surface area contributed by atoms with Crippen molar-refractivity contribution in [2.75, 3.05) is 4.90 Å². The molecule has 1 aliphatic heterocycles. The van der Waals surface area contributed by atoms with Gasteiger partial charge in [0.2, 0.25) is 0 Å². The molecular formula is C28H18BNOS. The van der Waals surface area contributed by atoms with Gasteiger partial charge in [-0.2, -0.15) is 0 Å². The lowest BCUT2D eigenvalue weighted by Crippen LogP contribution is -2.56. The zero-order valence-electron chi connectivity index (χ0n) is 17.2. The number of benzene rings is 4. The second-order valence-corrected chi connectivity index (χ2v) is 9.17. The van der Waals surface area contributed by atoms with E-state index in [0.29, 0.717) is 0 Å². The fourth-order valence-corrected chi connectivity index (χ4v) is 6.26. The number of rotatable bonds is 2. The van der Waals surface area contributed by atoms with Gasteiger partial charge in [0.15, 0.2) is 0 Å². The topological polar surface area (TPSA) is 16.4 Å². The summed E-state index contributed by atoms with van der Waals surface area (Å²) in [5.74, 6) is 0. The predicted octanol–water partition coefficient (Wildman–Crippen LogP) is 5.95. The number of nitrogens with zero attached hydrogens (tertiary/aromatic N) is 1. The standard InChI is InChI=1S/C28H18BNOS/c1-3-11-19(12-4-1)29-25-22-16-8-10-18-24(22)32-28(25)30(20-13-5-2-6-14-20)26-21-15-7-9-17-23(21)31-27(26)29/h1-18H. The Morgan fingerprint density at radius 3 is 2.12 bits per heavy atom. The van der Waals surface area contributed by atoms with E-state index in [1.807, 2.05) is 17.4 Å². The lowest BCUT2D eigenvalue weighted by atomic mass is 9.37. The highest BCUT2D eigenvalue weighted by molar-refractivity contribution is 7.26. The second kappa shape index (κ2) is 6.88. The zero-order chi connectivity index (χ0) is 21.1. The lowest BCUT2D eigenvalue weighted by Gasteiger charge is -2.32. The van der Waals surface area contributed by atoms with Crippen LogP contribution in [0, 0.1) is 0 Å². The summed E-state index contributed by atoms with van der Waals surface area (Å²) in [6.45, 7) is 0.0460. The molecule has 0 fully saturated rings.